The Balaban J connectivity index is 1.75. The number of nitrogens with zero attached hydrogens (tertiary/aromatic N) is 2. The molecule has 2 N–H and O–H groups in total. The van der Waals surface area contributed by atoms with Crippen LogP contribution >= 0.6 is 11.3 Å². The Morgan fingerprint density at radius 1 is 1.25 bits per heavy atom. The molecular formula is C21H22N4O2S. The standard InChI is InChI=1S/C21H22N4O2S/c1-3-12-25-20(27)18-16-6-4-5-7-17(16)28-19(18)24-21(25)23-15-10-8-14(9-11-15)22-13(2)26/h3,8-11H,1,4-7,12H2,2H3,(H,22,26)(H,23,24). The Morgan fingerprint density at radius 3 is 2.68 bits per heavy atom. The molecule has 0 spiro atoms. The number of carbonyl (C=O) groups excluding carboxylic acids is 1. The number of thiophene rings is 1. The molecule has 1 aliphatic carbocycles. The molecule has 1 amide bonds. The Bertz CT molecular complexity index is 1110. The summed E-state index contributed by atoms with van der Waals surface area (Å²) in [4.78, 5) is 31.3. The second-order valence-electron chi connectivity index (χ2n) is 6.91. The molecule has 0 bridgehead atoms. The third-order valence-electron chi connectivity index (χ3n) is 4.85. The van der Waals surface area contributed by atoms with Crippen LogP contribution in [0.25, 0.3) is 10.2 Å². The highest BCUT2D eigenvalue weighted by Crippen LogP contribution is 2.34. The van der Waals surface area contributed by atoms with Crippen molar-refractivity contribution in [2.45, 2.75) is 39.2 Å². The Morgan fingerprint density at radius 2 is 1.96 bits per heavy atom. The van der Waals surface area contributed by atoms with Crippen LogP contribution in [-0.4, -0.2) is 15.5 Å². The van der Waals surface area contributed by atoms with Crippen LogP contribution in [0.1, 0.15) is 30.2 Å². The second kappa shape index (κ2) is 7.59. The molecule has 0 radical (unpaired) electrons. The molecule has 0 aliphatic heterocycles. The zero-order valence-corrected chi connectivity index (χ0v) is 16.6. The van der Waals surface area contributed by atoms with Gasteiger partial charge in [0.05, 0.1) is 5.39 Å². The van der Waals surface area contributed by atoms with Gasteiger partial charge in [0, 0.05) is 29.7 Å². The lowest BCUT2D eigenvalue weighted by molar-refractivity contribution is -0.114. The molecule has 1 aliphatic rings. The number of carbonyl (C=O) groups is 1. The monoisotopic (exact) mass is 394 g/mol. The molecule has 0 fully saturated rings. The number of hydrogen-bond acceptors (Lipinski definition) is 5. The lowest BCUT2D eigenvalue weighted by Crippen LogP contribution is -2.24. The Labute approximate surface area is 166 Å². The van der Waals surface area contributed by atoms with Crippen molar-refractivity contribution in [1.82, 2.24) is 9.55 Å². The smallest absolute Gasteiger partial charge is 0.264 e. The van der Waals surface area contributed by atoms with E-state index < -0.39 is 0 Å². The van der Waals surface area contributed by atoms with E-state index in [0.717, 1.165) is 40.9 Å². The van der Waals surface area contributed by atoms with E-state index in [1.54, 1.807) is 22.0 Å². The lowest BCUT2D eigenvalue weighted by atomic mass is 9.97. The van der Waals surface area contributed by atoms with Crippen molar-refractivity contribution in [3.05, 3.63) is 57.7 Å². The number of allylic oxidation sites excluding steroid dienone is 1. The van der Waals surface area contributed by atoms with E-state index in [9.17, 15) is 9.59 Å². The molecule has 4 rings (SSSR count). The van der Waals surface area contributed by atoms with Crippen molar-refractivity contribution < 1.29 is 4.79 Å². The van der Waals surface area contributed by atoms with Crippen LogP contribution in [0.4, 0.5) is 17.3 Å². The number of aryl methyl sites for hydroxylation is 2. The Hall–Kier alpha value is -2.93. The fraction of sp³-hybridized carbons (Fsp3) is 0.286. The van der Waals surface area contributed by atoms with Crippen molar-refractivity contribution in [1.29, 1.82) is 0 Å². The van der Waals surface area contributed by atoms with Crippen molar-refractivity contribution in [3.8, 4) is 0 Å². The molecule has 0 unspecified atom stereocenters. The van der Waals surface area contributed by atoms with Gasteiger partial charge >= 0.3 is 0 Å². The fourth-order valence-corrected chi connectivity index (χ4v) is 4.85. The van der Waals surface area contributed by atoms with E-state index in [2.05, 4.69) is 17.2 Å². The van der Waals surface area contributed by atoms with Gasteiger partial charge in [-0.3, -0.25) is 14.2 Å². The SMILES string of the molecule is C=CCn1c(Nc2ccc(NC(C)=O)cc2)nc2sc3c(c2c1=O)CCCC3. The maximum absolute atomic E-state index is 13.2. The summed E-state index contributed by atoms with van der Waals surface area (Å²) in [7, 11) is 0. The number of hydrogen-bond donors (Lipinski definition) is 2. The van der Waals surface area contributed by atoms with Gasteiger partial charge in [0.15, 0.2) is 0 Å². The first-order chi connectivity index (χ1) is 13.6. The van der Waals surface area contributed by atoms with Gasteiger partial charge in [-0.2, -0.15) is 0 Å². The summed E-state index contributed by atoms with van der Waals surface area (Å²) in [6, 6.07) is 7.31. The predicted octanol–water partition coefficient (Wildman–Crippen LogP) is 4.22. The van der Waals surface area contributed by atoms with E-state index >= 15 is 0 Å². The third-order valence-corrected chi connectivity index (χ3v) is 6.03. The molecule has 28 heavy (non-hydrogen) atoms. The van der Waals surface area contributed by atoms with Gasteiger partial charge in [-0.15, -0.1) is 17.9 Å². The molecule has 144 valence electrons. The van der Waals surface area contributed by atoms with Crippen LogP contribution in [0, 0.1) is 0 Å². The summed E-state index contributed by atoms with van der Waals surface area (Å²) in [5.74, 6) is 0.387. The van der Waals surface area contributed by atoms with Gasteiger partial charge in [-0.1, -0.05) is 6.08 Å². The highest BCUT2D eigenvalue weighted by atomic mass is 32.1. The van der Waals surface area contributed by atoms with E-state index in [-0.39, 0.29) is 11.5 Å². The maximum atomic E-state index is 13.2. The van der Waals surface area contributed by atoms with Crippen LogP contribution in [0.15, 0.2) is 41.7 Å². The van der Waals surface area contributed by atoms with Crippen LogP contribution < -0.4 is 16.2 Å². The molecule has 2 aromatic heterocycles. The van der Waals surface area contributed by atoms with Crippen molar-refractivity contribution in [2.75, 3.05) is 10.6 Å². The first-order valence-corrected chi connectivity index (χ1v) is 10.2. The number of fused-ring (bicyclic) bond motifs is 3. The van der Waals surface area contributed by atoms with Gasteiger partial charge in [0.1, 0.15) is 4.83 Å². The van der Waals surface area contributed by atoms with Gasteiger partial charge in [-0.25, -0.2) is 4.98 Å². The minimum atomic E-state index is -0.116. The van der Waals surface area contributed by atoms with Crippen LogP contribution in [0.3, 0.4) is 0 Å². The first kappa shape index (κ1) is 18.4. The summed E-state index contributed by atoms with van der Waals surface area (Å²) < 4.78 is 1.64. The number of benzene rings is 1. The highest BCUT2D eigenvalue weighted by molar-refractivity contribution is 7.18. The average Bonchev–Trinajstić information content (AvgIpc) is 3.04. The van der Waals surface area contributed by atoms with Crippen LogP contribution in [0.2, 0.25) is 0 Å². The largest absolute Gasteiger partial charge is 0.326 e. The molecular weight excluding hydrogens is 372 g/mol. The van der Waals surface area contributed by atoms with Gasteiger partial charge < -0.3 is 10.6 Å². The zero-order valence-electron chi connectivity index (χ0n) is 15.7. The molecule has 7 heteroatoms. The summed E-state index contributed by atoms with van der Waals surface area (Å²) in [5, 5.41) is 6.76. The molecule has 0 saturated heterocycles. The van der Waals surface area contributed by atoms with E-state index in [1.807, 2.05) is 24.3 Å². The van der Waals surface area contributed by atoms with Crippen molar-refractivity contribution in [2.24, 2.45) is 0 Å². The van der Waals surface area contributed by atoms with E-state index in [1.165, 1.54) is 23.8 Å². The maximum Gasteiger partial charge on any atom is 0.264 e. The van der Waals surface area contributed by atoms with Crippen LogP contribution in [-0.2, 0) is 24.2 Å². The number of rotatable bonds is 5. The number of anilines is 3. The normalized spacial score (nSPS) is 13.2. The topological polar surface area (TPSA) is 76.0 Å². The van der Waals surface area contributed by atoms with Crippen molar-refractivity contribution in [3.63, 3.8) is 0 Å². The average molecular weight is 395 g/mol. The fourth-order valence-electron chi connectivity index (χ4n) is 3.60. The number of nitrogens with one attached hydrogen (secondary N) is 2. The first-order valence-electron chi connectivity index (χ1n) is 9.37. The van der Waals surface area contributed by atoms with Gasteiger partial charge in [0.25, 0.3) is 5.56 Å². The quantitative estimate of drug-likeness (QED) is 0.635. The summed E-state index contributed by atoms with van der Waals surface area (Å²) in [6.45, 7) is 5.65. The van der Waals surface area contributed by atoms with E-state index in [4.69, 9.17) is 4.98 Å². The molecule has 3 aromatic rings. The summed E-state index contributed by atoms with van der Waals surface area (Å²) >= 11 is 1.64. The molecule has 0 atom stereocenters. The number of aromatic nitrogens is 2. The second-order valence-corrected chi connectivity index (χ2v) is 8.00. The minimum absolute atomic E-state index is 0.0123. The Kier molecular flexibility index (Phi) is 5.00. The van der Waals surface area contributed by atoms with Gasteiger partial charge in [-0.05, 0) is 55.5 Å². The third kappa shape index (κ3) is 3.45. The number of amides is 1. The lowest BCUT2D eigenvalue weighted by Gasteiger charge is -2.14. The zero-order chi connectivity index (χ0) is 19.7. The van der Waals surface area contributed by atoms with Gasteiger partial charge in [0.2, 0.25) is 11.9 Å². The van der Waals surface area contributed by atoms with Crippen LogP contribution in [0.5, 0.6) is 0 Å². The predicted molar refractivity (Wildman–Crippen MR) is 115 cm³/mol. The summed E-state index contributed by atoms with van der Waals surface area (Å²) in [5.41, 5.74) is 2.68. The highest BCUT2D eigenvalue weighted by Gasteiger charge is 2.21. The summed E-state index contributed by atoms with van der Waals surface area (Å²) in [6.07, 6.45) is 5.99. The molecule has 1 aromatic carbocycles. The molecule has 6 nitrogen and oxygen atoms in total. The minimum Gasteiger partial charge on any atom is -0.326 e. The van der Waals surface area contributed by atoms with E-state index in [0.29, 0.717) is 12.5 Å². The molecule has 0 saturated carbocycles. The van der Waals surface area contributed by atoms with Crippen molar-refractivity contribution >= 4 is 44.8 Å². The molecule has 2 heterocycles.